The van der Waals surface area contributed by atoms with Crippen LogP contribution in [-0.4, -0.2) is 22.3 Å². The van der Waals surface area contributed by atoms with Gasteiger partial charge in [-0.05, 0) is 39.7 Å². The summed E-state index contributed by atoms with van der Waals surface area (Å²) < 4.78 is 0. The predicted octanol–water partition coefficient (Wildman–Crippen LogP) is 3.61. The first-order chi connectivity index (χ1) is 9.24. The quantitative estimate of drug-likeness (QED) is 0.774. The lowest BCUT2D eigenvalue weighted by Crippen LogP contribution is -2.39. The summed E-state index contributed by atoms with van der Waals surface area (Å²) in [5.41, 5.74) is -1.05. The van der Waals surface area contributed by atoms with E-state index in [4.69, 9.17) is 0 Å². The molecule has 0 heterocycles. The average molecular weight is 278 g/mol. The second-order valence-corrected chi connectivity index (χ2v) is 6.20. The molecule has 5 heteroatoms. The molecule has 110 valence electrons. The molecule has 0 aromatic heterocycles. The fourth-order valence-corrected chi connectivity index (χ4v) is 2.15. The maximum absolute atomic E-state index is 11.1. The zero-order valence-corrected chi connectivity index (χ0v) is 12.4. The molecule has 0 spiro atoms. The maximum atomic E-state index is 11.1. The predicted molar refractivity (Wildman–Crippen MR) is 79.6 cm³/mol. The van der Waals surface area contributed by atoms with E-state index < -0.39 is 17.2 Å². The summed E-state index contributed by atoms with van der Waals surface area (Å²) in [6.07, 6.45) is -0.687. The third-order valence-electron chi connectivity index (χ3n) is 3.80. The van der Waals surface area contributed by atoms with Gasteiger partial charge in [0.2, 0.25) is 0 Å². The van der Waals surface area contributed by atoms with Gasteiger partial charge >= 0.3 is 0 Å². The maximum Gasteiger partial charge on any atom is 0.123 e. The van der Waals surface area contributed by atoms with Crippen LogP contribution in [0.4, 0.5) is 0 Å². The zero-order chi connectivity index (χ0) is 15.4. The van der Waals surface area contributed by atoms with Crippen molar-refractivity contribution in [3.8, 4) is 0 Å². The number of rotatable bonds is 7. The van der Waals surface area contributed by atoms with E-state index in [-0.39, 0.29) is 12.3 Å². The number of benzene rings is 1. The van der Waals surface area contributed by atoms with Gasteiger partial charge in [-0.15, -0.1) is 0 Å². The van der Waals surface area contributed by atoms with Gasteiger partial charge in [-0.3, -0.25) is 0 Å². The molecule has 0 aliphatic rings. The number of nitroso groups, excluding NO2 is 2. The minimum absolute atomic E-state index is 0.251. The highest BCUT2D eigenvalue weighted by Gasteiger charge is 2.38. The van der Waals surface area contributed by atoms with E-state index in [1.807, 2.05) is 30.3 Å². The first kappa shape index (κ1) is 16.4. The normalized spacial score (nSPS) is 15.4. The molecule has 20 heavy (non-hydrogen) atoms. The molecule has 0 bridgehead atoms. The summed E-state index contributed by atoms with van der Waals surface area (Å²) in [5, 5.41) is 16.4. The number of aliphatic hydroxyl groups is 1. The highest BCUT2D eigenvalue weighted by molar-refractivity contribution is 5.24. The van der Waals surface area contributed by atoms with Crippen LogP contribution in [-0.2, 0) is 0 Å². The van der Waals surface area contributed by atoms with Gasteiger partial charge in [0, 0.05) is 5.92 Å². The molecule has 5 nitrogen and oxygen atoms in total. The van der Waals surface area contributed by atoms with Crippen LogP contribution in [0.2, 0.25) is 0 Å². The number of aliphatic hydroxyl groups excluding tert-OH is 1. The van der Waals surface area contributed by atoms with E-state index in [2.05, 4.69) is 10.4 Å². The Morgan fingerprint density at radius 2 is 1.50 bits per heavy atom. The van der Waals surface area contributed by atoms with Crippen LogP contribution in [0.5, 0.6) is 0 Å². The molecule has 0 saturated carbocycles. The average Bonchev–Trinajstić information content (AvgIpc) is 2.45. The number of hydrogen-bond acceptors (Lipinski definition) is 5. The minimum Gasteiger partial charge on any atom is -0.390 e. The highest BCUT2D eigenvalue weighted by Crippen LogP contribution is 2.37. The van der Waals surface area contributed by atoms with Gasteiger partial charge in [0.05, 0.1) is 6.10 Å². The lowest BCUT2D eigenvalue weighted by Gasteiger charge is -2.33. The molecule has 1 rings (SSSR count). The van der Waals surface area contributed by atoms with Gasteiger partial charge in [-0.25, -0.2) is 0 Å². The fourth-order valence-electron chi connectivity index (χ4n) is 2.15. The van der Waals surface area contributed by atoms with Gasteiger partial charge in [-0.1, -0.05) is 40.7 Å². The van der Waals surface area contributed by atoms with Gasteiger partial charge in [0.25, 0.3) is 0 Å². The number of nitrogens with zero attached hydrogens (tertiary/aromatic N) is 2. The molecule has 0 aliphatic heterocycles. The standard InChI is InChI=1S/C15H22N2O3/c1-14(2,16-19)12(11-8-6-5-7-9-11)10-13(18)15(3,4)17-20/h5-9,12-13,18H,10H2,1-4H3. The third-order valence-corrected chi connectivity index (χ3v) is 3.80. The Morgan fingerprint density at radius 3 is 1.95 bits per heavy atom. The Morgan fingerprint density at radius 1 is 1.00 bits per heavy atom. The number of hydrogen-bond donors (Lipinski definition) is 1. The van der Waals surface area contributed by atoms with Gasteiger partial charge < -0.3 is 5.11 Å². The van der Waals surface area contributed by atoms with Gasteiger partial charge in [-0.2, -0.15) is 9.81 Å². The lowest BCUT2D eigenvalue weighted by atomic mass is 9.76. The topological polar surface area (TPSA) is 79.1 Å². The summed E-state index contributed by atoms with van der Waals surface area (Å²) in [6, 6.07) is 9.42. The van der Waals surface area contributed by atoms with E-state index in [0.717, 1.165) is 5.56 Å². The Balaban J connectivity index is 3.08. The van der Waals surface area contributed by atoms with Crippen LogP contribution >= 0.6 is 0 Å². The molecule has 0 aliphatic carbocycles. The summed E-state index contributed by atoms with van der Waals surface area (Å²) in [7, 11) is 0. The largest absolute Gasteiger partial charge is 0.390 e. The molecule has 1 aromatic carbocycles. The molecule has 0 amide bonds. The van der Waals surface area contributed by atoms with Crippen LogP contribution in [0, 0.1) is 9.81 Å². The molecular formula is C15H22N2O3. The van der Waals surface area contributed by atoms with E-state index in [1.54, 1.807) is 27.7 Å². The van der Waals surface area contributed by atoms with E-state index in [9.17, 15) is 14.9 Å². The molecule has 1 aromatic rings. The minimum atomic E-state index is -1.09. The van der Waals surface area contributed by atoms with Crippen LogP contribution < -0.4 is 0 Å². The van der Waals surface area contributed by atoms with Crippen molar-refractivity contribution in [3.63, 3.8) is 0 Å². The van der Waals surface area contributed by atoms with Crippen molar-refractivity contribution in [2.24, 2.45) is 10.4 Å². The zero-order valence-electron chi connectivity index (χ0n) is 12.4. The Kier molecular flexibility index (Phi) is 5.11. The van der Waals surface area contributed by atoms with Crippen LogP contribution in [0.3, 0.4) is 0 Å². The molecular weight excluding hydrogens is 256 g/mol. The van der Waals surface area contributed by atoms with Crippen LogP contribution in [0.15, 0.2) is 40.7 Å². The second kappa shape index (κ2) is 6.22. The summed E-state index contributed by atoms with van der Waals surface area (Å²) in [6.45, 7) is 6.61. The molecule has 0 radical (unpaired) electrons. The molecule has 0 saturated heterocycles. The first-order valence-electron chi connectivity index (χ1n) is 6.66. The van der Waals surface area contributed by atoms with Crippen molar-refractivity contribution in [1.82, 2.24) is 0 Å². The Hall–Kier alpha value is -1.62. The van der Waals surface area contributed by atoms with E-state index in [1.165, 1.54) is 0 Å². The molecule has 1 N–H and O–H groups in total. The molecule has 0 fully saturated rings. The van der Waals surface area contributed by atoms with Crippen LogP contribution in [0.25, 0.3) is 0 Å². The van der Waals surface area contributed by atoms with Gasteiger partial charge in [0.15, 0.2) is 0 Å². The molecule has 2 unspecified atom stereocenters. The monoisotopic (exact) mass is 278 g/mol. The molecule has 2 atom stereocenters. The summed E-state index contributed by atoms with van der Waals surface area (Å²) >= 11 is 0. The summed E-state index contributed by atoms with van der Waals surface area (Å²) in [4.78, 5) is 21.9. The summed E-state index contributed by atoms with van der Waals surface area (Å²) in [5.74, 6) is -0.280. The Bertz CT molecular complexity index is 457. The van der Waals surface area contributed by atoms with E-state index >= 15 is 0 Å². The fraction of sp³-hybridized carbons (Fsp3) is 0.600. The van der Waals surface area contributed by atoms with Gasteiger partial charge in [0.1, 0.15) is 11.1 Å². The SMILES string of the molecule is CC(C)(N=O)C(O)CC(c1ccccc1)C(C)(C)N=O. The van der Waals surface area contributed by atoms with Crippen molar-refractivity contribution in [1.29, 1.82) is 0 Å². The highest BCUT2D eigenvalue weighted by atomic mass is 16.3. The van der Waals surface area contributed by atoms with Crippen molar-refractivity contribution >= 4 is 0 Å². The second-order valence-electron chi connectivity index (χ2n) is 6.20. The first-order valence-corrected chi connectivity index (χ1v) is 6.66. The Labute approximate surface area is 119 Å². The smallest absolute Gasteiger partial charge is 0.123 e. The van der Waals surface area contributed by atoms with Crippen molar-refractivity contribution < 1.29 is 5.11 Å². The third kappa shape index (κ3) is 3.70. The van der Waals surface area contributed by atoms with Crippen LogP contribution in [0.1, 0.15) is 45.6 Å². The van der Waals surface area contributed by atoms with Crippen molar-refractivity contribution in [2.75, 3.05) is 0 Å². The van der Waals surface area contributed by atoms with Crippen molar-refractivity contribution in [2.45, 2.75) is 57.2 Å². The lowest BCUT2D eigenvalue weighted by molar-refractivity contribution is 0.0803. The van der Waals surface area contributed by atoms with E-state index in [0.29, 0.717) is 0 Å². The van der Waals surface area contributed by atoms with Crippen molar-refractivity contribution in [3.05, 3.63) is 45.7 Å².